The SMILES string of the molecule is Cc1cccc2c1nc(C(C)Cl)n2-c1cc(F)cc(F)c1. The maximum atomic E-state index is 13.5. The van der Waals surface area contributed by atoms with E-state index in [2.05, 4.69) is 4.98 Å². The van der Waals surface area contributed by atoms with Gasteiger partial charge in [-0.05, 0) is 37.6 Å². The number of imidazole rings is 1. The van der Waals surface area contributed by atoms with E-state index in [4.69, 9.17) is 11.6 Å². The third-order valence-electron chi connectivity index (χ3n) is 3.37. The van der Waals surface area contributed by atoms with Gasteiger partial charge in [0.2, 0.25) is 0 Å². The van der Waals surface area contributed by atoms with Gasteiger partial charge in [-0.15, -0.1) is 11.6 Å². The molecule has 0 aliphatic rings. The van der Waals surface area contributed by atoms with Crippen molar-refractivity contribution in [2.75, 3.05) is 0 Å². The number of aromatic nitrogens is 2. The molecule has 1 atom stereocenters. The van der Waals surface area contributed by atoms with Gasteiger partial charge in [0.15, 0.2) is 0 Å². The van der Waals surface area contributed by atoms with Crippen molar-refractivity contribution in [2.24, 2.45) is 0 Å². The van der Waals surface area contributed by atoms with Crippen LogP contribution in [0.25, 0.3) is 16.7 Å². The zero-order valence-corrected chi connectivity index (χ0v) is 12.3. The lowest BCUT2D eigenvalue weighted by Gasteiger charge is -2.11. The predicted molar refractivity (Wildman–Crippen MR) is 80.0 cm³/mol. The number of nitrogens with zero attached hydrogens (tertiary/aromatic N) is 2. The fourth-order valence-electron chi connectivity index (χ4n) is 2.46. The summed E-state index contributed by atoms with van der Waals surface area (Å²) in [6.07, 6.45) is 0. The average Bonchev–Trinajstić information content (AvgIpc) is 2.78. The number of para-hydroxylation sites is 1. The molecule has 0 radical (unpaired) electrons. The Hall–Kier alpha value is -1.94. The quantitative estimate of drug-likeness (QED) is 0.615. The van der Waals surface area contributed by atoms with E-state index in [1.165, 1.54) is 12.1 Å². The van der Waals surface area contributed by atoms with Crippen LogP contribution in [0.4, 0.5) is 8.78 Å². The Bertz CT molecular complexity index is 804. The van der Waals surface area contributed by atoms with Gasteiger partial charge in [0.05, 0.1) is 22.1 Å². The molecule has 0 aliphatic heterocycles. The van der Waals surface area contributed by atoms with E-state index in [1.807, 2.05) is 25.1 Å². The maximum Gasteiger partial charge on any atom is 0.132 e. The summed E-state index contributed by atoms with van der Waals surface area (Å²) in [7, 11) is 0. The summed E-state index contributed by atoms with van der Waals surface area (Å²) in [5.74, 6) is -0.702. The van der Waals surface area contributed by atoms with Crippen LogP contribution in [-0.4, -0.2) is 9.55 Å². The van der Waals surface area contributed by atoms with Crippen molar-refractivity contribution >= 4 is 22.6 Å². The van der Waals surface area contributed by atoms with Crippen LogP contribution in [0.1, 0.15) is 23.7 Å². The molecule has 3 rings (SSSR count). The highest BCUT2D eigenvalue weighted by molar-refractivity contribution is 6.20. The zero-order valence-electron chi connectivity index (χ0n) is 11.6. The largest absolute Gasteiger partial charge is 0.295 e. The topological polar surface area (TPSA) is 17.8 Å². The fourth-order valence-corrected chi connectivity index (χ4v) is 2.61. The number of benzene rings is 2. The van der Waals surface area contributed by atoms with Gasteiger partial charge in [-0.25, -0.2) is 13.8 Å². The molecule has 5 heteroatoms. The zero-order chi connectivity index (χ0) is 15.1. The number of aryl methyl sites for hydroxylation is 1. The van der Waals surface area contributed by atoms with Crippen LogP contribution in [0.2, 0.25) is 0 Å². The second-order valence-corrected chi connectivity index (χ2v) is 5.65. The second-order valence-electron chi connectivity index (χ2n) is 4.99. The predicted octanol–water partition coefficient (Wildman–Crippen LogP) is 4.91. The van der Waals surface area contributed by atoms with Crippen LogP contribution in [0.3, 0.4) is 0 Å². The summed E-state index contributed by atoms with van der Waals surface area (Å²) in [5, 5.41) is -0.386. The van der Waals surface area contributed by atoms with E-state index in [-0.39, 0.29) is 5.38 Å². The Morgan fingerprint density at radius 3 is 2.43 bits per heavy atom. The highest BCUT2D eigenvalue weighted by Gasteiger charge is 2.18. The Kier molecular flexibility index (Phi) is 3.41. The summed E-state index contributed by atoms with van der Waals surface area (Å²) in [6, 6.07) is 9.08. The molecule has 21 heavy (non-hydrogen) atoms. The first-order valence-corrected chi connectivity index (χ1v) is 6.99. The van der Waals surface area contributed by atoms with Gasteiger partial charge in [-0.1, -0.05) is 12.1 Å². The molecule has 3 aromatic rings. The first kappa shape index (κ1) is 14.0. The van der Waals surface area contributed by atoms with E-state index in [0.29, 0.717) is 11.5 Å². The monoisotopic (exact) mass is 306 g/mol. The molecule has 0 saturated carbocycles. The van der Waals surface area contributed by atoms with Gasteiger partial charge in [-0.3, -0.25) is 4.57 Å². The van der Waals surface area contributed by atoms with Crippen molar-refractivity contribution in [2.45, 2.75) is 19.2 Å². The number of hydrogen-bond acceptors (Lipinski definition) is 1. The normalized spacial score (nSPS) is 12.8. The van der Waals surface area contributed by atoms with Crippen LogP contribution < -0.4 is 0 Å². The Morgan fingerprint density at radius 2 is 1.81 bits per heavy atom. The maximum absolute atomic E-state index is 13.5. The summed E-state index contributed by atoms with van der Waals surface area (Å²) >= 11 is 6.19. The molecule has 1 heterocycles. The first-order chi connectivity index (χ1) is 9.97. The number of alkyl halides is 1. The average molecular weight is 307 g/mol. The van der Waals surface area contributed by atoms with Gasteiger partial charge in [0, 0.05) is 6.07 Å². The van der Waals surface area contributed by atoms with E-state index in [1.54, 1.807) is 11.5 Å². The Morgan fingerprint density at radius 1 is 1.14 bits per heavy atom. The Labute approximate surface area is 126 Å². The van der Waals surface area contributed by atoms with E-state index >= 15 is 0 Å². The standard InChI is InChI=1S/C16H13ClF2N2/c1-9-4-3-5-14-15(9)20-16(10(2)17)21(14)13-7-11(18)6-12(19)8-13/h3-8,10H,1-2H3. The van der Waals surface area contributed by atoms with Crippen molar-refractivity contribution in [1.82, 2.24) is 9.55 Å². The fraction of sp³-hybridized carbons (Fsp3) is 0.188. The first-order valence-electron chi connectivity index (χ1n) is 6.56. The van der Waals surface area contributed by atoms with Crippen molar-refractivity contribution in [3.05, 3.63) is 59.4 Å². The van der Waals surface area contributed by atoms with Gasteiger partial charge >= 0.3 is 0 Å². The van der Waals surface area contributed by atoms with Crippen molar-refractivity contribution < 1.29 is 8.78 Å². The summed E-state index contributed by atoms with van der Waals surface area (Å²) in [5.41, 5.74) is 2.93. The minimum atomic E-state index is -0.632. The molecule has 0 saturated heterocycles. The smallest absolute Gasteiger partial charge is 0.132 e. The molecular formula is C16H13ClF2N2. The summed E-state index contributed by atoms with van der Waals surface area (Å²) < 4.78 is 28.8. The number of rotatable bonds is 2. The van der Waals surface area contributed by atoms with E-state index in [0.717, 1.165) is 22.7 Å². The number of hydrogen-bond donors (Lipinski definition) is 0. The molecular weight excluding hydrogens is 294 g/mol. The molecule has 1 aromatic heterocycles. The van der Waals surface area contributed by atoms with E-state index < -0.39 is 11.6 Å². The van der Waals surface area contributed by atoms with Crippen LogP contribution in [0, 0.1) is 18.6 Å². The molecule has 2 nitrogen and oxygen atoms in total. The Balaban J connectivity index is 2.39. The van der Waals surface area contributed by atoms with Gasteiger partial charge < -0.3 is 0 Å². The highest BCUT2D eigenvalue weighted by Crippen LogP contribution is 2.30. The molecule has 0 amide bonds. The third-order valence-corrected chi connectivity index (χ3v) is 3.57. The van der Waals surface area contributed by atoms with Gasteiger partial charge in [0.25, 0.3) is 0 Å². The van der Waals surface area contributed by atoms with Gasteiger partial charge in [-0.2, -0.15) is 0 Å². The molecule has 0 bridgehead atoms. The minimum absolute atomic E-state index is 0.378. The molecule has 108 valence electrons. The van der Waals surface area contributed by atoms with Crippen molar-refractivity contribution in [3.8, 4) is 5.69 Å². The summed E-state index contributed by atoms with van der Waals surface area (Å²) in [6.45, 7) is 3.72. The number of fused-ring (bicyclic) bond motifs is 1. The molecule has 2 aromatic carbocycles. The third kappa shape index (κ3) is 2.40. The molecule has 0 fully saturated rings. The van der Waals surface area contributed by atoms with Crippen molar-refractivity contribution in [3.63, 3.8) is 0 Å². The molecule has 0 spiro atoms. The lowest BCUT2D eigenvalue weighted by molar-refractivity contribution is 0.581. The van der Waals surface area contributed by atoms with Crippen LogP contribution in [-0.2, 0) is 0 Å². The van der Waals surface area contributed by atoms with Crippen LogP contribution in [0.15, 0.2) is 36.4 Å². The second kappa shape index (κ2) is 5.11. The lowest BCUT2D eigenvalue weighted by Crippen LogP contribution is -2.03. The minimum Gasteiger partial charge on any atom is -0.295 e. The van der Waals surface area contributed by atoms with Gasteiger partial charge in [0.1, 0.15) is 17.5 Å². The van der Waals surface area contributed by atoms with Crippen LogP contribution in [0.5, 0.6) is 0 Å². The molecule has 0 N–H and O–H groups in total. The van der Waals surface area contributed by atoms with E-state index in [9.17, 15) is 8.78 Å². The van der Waals surface area contributed by atoms with Crippen LogP contribution >= 0.6 is 11.6 Å². The molecule has 1 unspecified atom stereocenters. The lowest BCUT2D eigenvalue weighted by atomic mass is 10.2. The highest BCUT2D eigenvalue weighted by atomic mass is 35.5. The molecule has 0 aliphatic carbocycles. The van der Waals surface area contributed by atoms with Crippen molar-refractivity contribution in [1.29, 1.82) is 0 Å². The summed E-state index contributed by atoms with van der Waals surface area (Å²) in [4.78, 5) is 4.53. The number of halogens is 3.